The van der Waals surface area contributed by atoms with Gasteiger partial charge in [0.05, 0.1) is 64.0 Å². The molecule has 0 saturated heterocycles. The van der Waals surface area contributed by atoms with Gasteiger partial charge in [0, 0.05) is 5.56 Å². The Labute approximate surface area is 229 Å². The van der Waals surface area contributed by atoms with E-state index in [1.807, 2.05) is 12.1 Å². The van der Waals surface area contributed by atoms with Gasteiger partial charge in [-0.3, -0.25) is 9.36 Å². The number of carbonyl (C=O) groups excluding carboxylic acids is 1. The van der Waals surface area contributed by atoms with Crippen molar-refractivity contribution in [1.29, 1.82) is 0 Å². The Kier molecular flexibility index (Phi) is 8.29. The van der Waals surface area contributed by atoms with Gasteiger partial charge in [0.2, 0.25) is 5.75 Å². The van der Waals surface area contributed by atoms with Gasteiger partial charge in [-0.2, -0.15) is 0 Å². The molecule has 4 rings (SSSR count). The first kappa shape index (κ1) is 27.8. The highest BCUT2D eigenvalue weighted by atomic mass is 32.1. The minimum atomic E-state index is -0.858. The largest absolute Gasteiger partial charge is 0.493 e. The third-order valence-corrected chi connectivity index (χ3v) is 7.22. The average Bonchev–Trinajstić information content (AvgIpc) is 3.24. The van der Waals surface area contributed by atoms with Crippen molar-refractivity contribution in [3.8, 4) is 28.7 Å². The van der Waals surface area contributed by atoms with Gasteiger partial charge in [-0.15, -0.1) is 0 Å². The molecule has 1 aliphatic rings. The number of rotatable bonds is 9. The summed E-state index contributed by atoms with van der Waals surface area (Å²) >= 11 is 1.20. The lowest BCUT2D eigenvalue weighted by Crippen LogP contribution is -2.40. The van der Waals surface area contributed by atoms with Crippen LogP contribution in [0, 0.1) is 0 Å². The van der Waals surface area contributed by atoms with Crippen molar-refractivity contribution < 1.29 is 33.2 Å². The lowest BCUT2D eigenvalue weighted by atomic mass is 9.95. The van der Waals surface area contributed by atoms with E-state index in [9.17, 15) is 9.59 Å². The zero-order valence-electron chi connectivity index (χ0n) is 22.8. The number of hydrogen-bond acceptors (Lipinski definition) is 10. The SMILES string of the molecule is CCOC(=O)C1=C(C)N=c2s/c(=C/c3cccc(OC)c3OC)c(=O)n2[C@@H]1c1cc(OC)c(OC)c(OC)c1. The van der Waals surface area contributed by atoms with Gasteiger partial charge in [0.1, 0.15) is 0 Å². The summed E-state index contributed by atoms with van der Waals surface area (Å²) < 4.78 is 34.8. The molecule has 0 spiro atoms. The van der Waals surface area contributed by atoms with Crippen molar-refractivity contribution in [2.24, 2.45) is 4.99 Å². The minimum absolute atomic E-state index is 0.164. The Hall–Kier alpha value is -4.25. The van der Waals surface area contributed by atoms with Crippen LogP contribution >= 0.6 is 11.3 Å². The number of fused-ring (bicyclic) bond motifs is 1. The molecule has 0 bridgehead atoms. The summed E-state index contributed by atoms with van der Waals surface area (Å²) in [7, 11) is 7.59. The Morgan fingerprint density at radius 2 is 1.62 bits per heavy atom. The lowest BCUT2D eigenvalue weighted by molar-refractivity contribution is -0.139. The molecule has 1 aromatic heterocycles. The standard InChI is InChI=1S/C28H30N2O8S/c1-8-38-27(32)22-15(2)29-28-30(23(22)17-12-19(34-4)25(37-7)20(13-17)35-5)26(31)21(39-28)14-16-10-9-11-18(33-3)24(16)36-6/h9-14,23H,8H2,1-7H3/b21-14+/t23-/m1/s1. The van der Waals surface area contributed by atoms with E-state index in [4.69, 9.17) is 28.4 Å². The first-order valence-corrected chi connectivity index (χ1v) is 12.9. The summed E-state index contributed by atoms with van der Waals surface area (Å²) in [5, 5.41) is 0. The number of benzene rings is 2. The second kappa shape index (κ2) is 11.6. The molecule has 0 N–H and O–H groups in total. The van der Waals surface area contributed by atoms with E-state index in [0.717, 1.165) is 0 Å². The Morgan fingerprint density at radius 3 is 2.18 bits per heavy atom. The number of esters is 1. The number of carbonyl (C=O) groups is 1. The van der Waals surface area contributed by atoms with Crippen molar-refractivity contribution in [3.05, 3.63) is 72.4 Å². The van der Waals surface area contributed by atoms with Gasteiger partial charge >= 0.3 is 5.97 Å². The van der Waals surface area contributed by atoms with Crippen LogP contribution in [-0.2, 0) is 9.53 Å². The topological polar surface area (TPSA) is 107 Å². The van der Waals surface area contributed by atoms with Crippen LogP contribution in [0.15, 0.2) is 51.4 Å². The Morgan fingerprint density at radius 1 is 0.974 bits per heavy atom. The zero-order chi connectivity index (χ0) is 28.3. The van der Waals surface area contributed by atoms with Crippen LogP contribution in [0.4, 0.5) is 0 Å². The highest BCUT2D eigenvalue weighted by Crippen LogP contribution is 2.42. The number of para-hydroxylation sites is 1. The maximum atomic E-state index is 14.0. The van der Waals surface area contributed by atoms with Gasteiger partial charge in [-0.25, -0.2) is 9.79 Å². The zero-order valence-corrected chi connectivity index (χ0v) is 23.6. The predicted molar refractivity (Wildman–Crippen MR) is 146 cm³/mol. The van der Waals surface area contributed by atoms with Gasteiger partial charge in [-0.05, 0) is 43.7 Å². The van der Waals surface area contributed by atoms with E-state index in [0.29, 0.717) is 54.9 Å². The summed E-state index contributed by atoms with van der Waals surface area (Å²) in [5.74, 6) is 1.62. The number of methoxy groups -OCH3 is 5. The van der Waals surface area contributed by atoms with E-state index in [1.165, 1.54) is 44.3 Å². The quantitative estimate of drug-likeness (QED) is 0.372. The number of thiazole rings is 1. The van der Waals surface area contributed by atoms with E-state index in [1.54, 1.807) is 45.2 Å². The van der Waals surface area contributed by atoms with Crippen molar-refractivity contribution in [1.82, 2.24) is 4.57 Å². The fourth-order valence-electron chi connectivity index (χ4n) is 4.53. The molecule has 0 saturated carbocycles. The first-order chi connectivity index (χ1) is 18.8. The highest BCUT2D eigenvalue weighted by Gasteiger charge is 2.34. The third kappa shape index (κ3) is 4.97. The Bertz CT molecular complexity index is 1590. The fraction of sp³-hybridized carbons (Fsp3) is 0.321. The van der Waals surface area contributed by atoms with E-state index >= 15 is 0 Å². The van der Waals surface area contributed by atoms with E-state index in [-0.39, 0.29) is 17.7 Å². The number of ether oxygens (including phenoxy) is 6. The van der Waals surface area contributed by atoms with Gasteiger partial charge in [0.25, 0.3) is 5.56 Å². The summed E-state index contributed by atoms with van der Waals surface area (Å²) in [4.78, 5) is 32.2. The van der Waals surface area contributed by atoms with E-state index < -0.39 is 12.0 Å². The molecule has 39 heavy (non-hydrogen) atoms. The average molecular weight is 555 g/mol. The summed E-state index contributed by atoms with van der Waals surface area (Å²) in [6, 6.07) is 7.98. The predicted octanol–water partition coefficient (Wildman–Crippen LogP) is 2.84. The summed E-state index contributed by atoms with van der Waals surface area (Å²) in [6.45, 7) is 3.61. The van der Waals surface area contributed by atoms with Gasteiger partial charge in [-0.1, -0.05) is 23.5 Å². The van der Waals surface area contributed by atoms with Crippen molar-refractivity contribution in [2.45, 2.75) is 19.9 Å². The van der Waals surface area contributed by atoms with Gasteiger partial charge < -0.3 is 28.4 Å². The second-order valence-electron chi connectivity index (χ2n) is 8.34. The molecule has 0 unspecified atom stereocenters. The lowest BCUT2D eigenvalue weighted by Gasteiger charge is -2.26. The first-order valence-electron chi connectivity index (χ1n) is 12.0. The van der Waals surface area contributed by atoms with Crippen LogP contribution in [-0.4, -0.2) is 52.7 Å². The number of allylic oxidation sites excluding steroid dienone is 1. The van der Waals surface area contributed by atoms with Crippen molar-refractivity contribution >= 4 is 23.4 Å². The number of nitrogens with zero attached hydrogens (tertiary/aromatic N) is 2. The normalized spacial score (nSPS) is 14.8. The van der Waals surface area contributed by atoms with Crippen LogP contribution in [0.5, 0.6) is 28.7 Å². The smallest absolute Gasteiger partial charge is 0.338 e. The van der Waals surface area contributed by atoms with Crippen LogP contribution in [0.25, 0.3) is 6.08 Å². The van der Waals surface area contributed by atoms with Crippen LogP contribution in [0.2, 0.25) is 0 Å². The summed E-state index contributed by atoms with van der Waals surface area (Å²) in [5.41, 5.74) is 1.57. The molecule has 11 heteroatoms. The van der Waals surface area contributed by atoms with Crippen molar-refractivity contribution in [3.63, 3.8) is 0 Å². The second-order valence-corrected chi connectivity index (χ2v) is 9.35. The molecular formula is C28H30N2O8S. The minimum Gasteiger partial charge on any atom is -0.493 e. The number of hydrogen-bond donors (Lipinski definition) is 0. The summed E-state index contributed by atoms with van der Waals surface area (Å²) in [6.07, 6.45) is 1.72. The number of aromatic nitrogens is 1. The third-order valence-electron chi connectivity index (χ3n) is 6.24. The molecule has 0 fully saturated rings. The van der Waals surface area contributed by atoms with Crippen LogP contribution in [0.1, 0.15) is 31.0 Å². The van der Waals surface area contributed by atoms with Crippen molar-refractivity contribution in [2.75, 3.05) is 42.2 Å². The van der Waals surface area contributed by atoms with Crippen LogP contribution < -0.4 is 38.6 Å². The monoisotopic (exact) mass is 554 g/mol. The maximum Gasteiger partial charge on any atom is 0.338 e. The molecule has 206 valence electrons. The maximum absolute atomic E-state index is 14.0. The molecule has 10 nitrogen and oxygen atoms in total. The molecule has 0 radical (unpaired) electrons. The van der Waals surface area contributed by atoms with E-state index in [2.05, 4.69) is 4.99 Å². The molecule has 0 amide bonds. The van der Waals surface area contributed by atoms with Crippen LogP contribution in [0.3, 0.4) is 0 Å². The molecular weight excluding hydrogens is 524 g/mol. The molecule has 2 aromatic carbocycles. The molecule has 0 aliphatic carbocycles. The molecule has 2 heterocycles. The fourth-order valence-corrected chi connectivity index (χ4v) is 5.57. The Balaban J connectivity index is 2.03. The molecule has 1 atom stereocenters. The molecule has 3 aromatic rings. The van der Waals surface area contributed by atoms with Gasteiger partial charge in [0.15, 0.2) is 27.8 Å². The molecule has 1 aliphatic heterocycles. The highest BCUT2D eigenvalue weighted by molar-refractivity contribution is 7.07.